The maximum absolute atomic E-state index is 13.7. The molecule has 4 aromatic rings. The number of ether oxygens (including phenoxy) is 1. The number of likely N-dealkylation sites (N-methyl/N-ethyl adjacent to an activating group) is 2. The highest BCUT2D eigenvalue weighted by Gasteiger charge is 2.20. The van der Waals surface area contributed by atoms with Gasteiger partial charge in [-0.1, -0.05) is 53.8 Å². The molecule has 2 aromatic carbocycles. The molecule has 0 spiro atoms. The Bertz CT molecular complexity index is 1420. The molecule has 10 nitrogen and oxygen atoms in total. The van der Waals surface area contributed by atoms with Gasteiger partial charge >= 0.3 is 0 Å². The van der Waals surface area contributed by atoms with Crippen LogP contribution in [-0.4, -0.2) is 91.0 Å². The summed E-state index contributed by atoms with van der Waals surface area (Å²) in [5, 5.41) is 13.5. The number of rotatable bonds is 10. The first-order chi connectivity index (χ1) is 19.5. The molecule has 0 saturated carbocycles. The molecule has 1 amide bonds. The number of aromatic nitrogens is 4. The van der Waals surface area contributed by atoms with E-state index in [4.69, 9.17) is 9.72 Å². The first-order valence-corrected chi connectivity index (χ1v) is 14.2. The first kappa shape index (κ1) is 27.6. The molecule has 5 rings (SSSR count). The van der Waals surface area contributed by atoms with Crippen molar-refractivity contribution in [2.75, 3.05) is 75.1 Å². The molecule has 208 valence electrons. The van der Waals surface area contributed by atoms with Gasteiger partial charge in [-0.15, -0.1) is 10.2 Å². The second-order valence-electron chi connectivity index (χ2n) is 9.67. The number of hydrogen-bond donors (Lipinski definition) is 1. The Morgan fingerprint density at radius 1 is 1.00 bits per heavy atom. The van der Waals surface area contributed by atoms with E-state index in [1.54, 1.807) is 6.07 Å². The number of benzene rings is 2. The maximum Gasteiger partial charge on any atom is 0.274 e. The van der Waals surface area contributed by atoms with Gasteiger partial charge < -0.3 is 24.8 Å². The third-order valence-electron chi connectivity index (χ3n) is 6.60. The van der Waals surface area contributed by atoms with Gasteiger partial charge in [-0.05, 0) is 33.2 Å². The van der Waals surface area contributed by atoms with Gasteiger partial charge in [0, 0.05) is 49.9 Å². The lowest BCUT2D eigenvalue weighted by Gasteiger charge is -2.25. The fourth-order valence-electron chi connectivity index (χ4n) is 4.36. The molecule has 40 heavy (non-hydrogen) atoms. The molecule has 0 unspecified atom stereocenters. The van der Waals surface area contributed by atoms with Gasteiger partial charge in [0.1, 0.15) is 11.5 Å². The summed E-state index contributed by atoms with van der Waals surface area (Å²) < 4.78 is 5.46. The van der Waals surface area contributed by atoms with E-state index >= 15 is 0 Å². The number of nitrogens with zero attached hydrogens (tertiary/aromatic N) is 7. The molecule has 1 aliphatic rings. The van der Waals surface area contributed by atoms with Crippen LogP contribution < -0.4 is 15.1 Å². The van der Waals surface area contributed by atoms with Crippen molar-refractivity contribution >= 4 is 33.9 Å². The smallest absolute Gasteiger partial charge is 0.274 e. The minimum absolute atomic E-state index is 0.299. The molecular formula is C29H34N8O2S. The summed E-state index contributed by atoms with van der Waals surface area (Å²) in [6, 6.07) is 19.2. The minimum Gasteiger partial charge on any atom is -0.378 e. The van der Waals surface area contributed by atoms with Crippen molar-refractivity contribution in [3.8, 4) is 22.0 Å². The van der Waals surface area contributed by atoms with Gasteiger partial charge in [-0.3, -0.25) is 4.79 Å². The molecule has 1 N–H and O–H groups in total. The van der Waals surface area contributed by atoms with Gasteiger partial charge in [-0.25, -0.2) is 9.97 Å². The summed E-state index contributed by atoms with van der Waals surface area (Å²) in [5.74, 6) is 0.921. The zero-order chi connectivity index (χ0) is 27.9. The Balaban J connectivity index is 1.44. The maximum atomic E-state index is 13.7. The highest BCUT2D eigenvalue weighted by Crippen LogP contribution is 2.34. The highest BCUT2D eigenvalue weighted by molar-refractivity contribution is 7.18. The van der Waals surface area contributed by atoms with Crippen molar-refractivity contribution in [2.45, 2.75) is 6.92 Å². The average Bonchev–Trinajstić information content (AvgIpc) is 3.49. The van der Waals surface area contributed by atoms with Crippen LogP contribution in [0.5, 0.6) is 0 Å². The fraction of sp³-hybridized carbons (Fsp3) is 0.345. The largest absolute Gasteiger partial charge is 0.378 e. The van der Waals surface area contributed by atoms with Crippen LogP contribution in [0.4, 0.5) is 16.6 Å². The number of carbonyl (C=O) groups excluding carboxylic acids is 1. The number of amides is 1. The van der Waals surface area contributed by atoms with Crippen molar-refractivity contribution in [1.82, 2.24) is 25.1 Å². The minimum atomic E-state index is -0.310. The monoisotopic (exact) mass is 558 g/mol. The van der Waals surface area contributed by atoms with Gasteiger partial charge in [0.2, 0.25) is 5.13 Å². The zero-order valence-corrected chi connectivity index (χ0v) is 23.9. The molecule has 0 radical (unpaired) electrons. The Morgan fingerprint density at radius 2 is 1.75 bits per heavy atom. The molecule has 3 heterocycles. The fourth-order valence-corrected chi connectivity index (χ4v) is 5.29. The predicted octanol–water partition coefficient (Wildman–Crippen LogP) is 4.14. The molecule has 1 saturated heterocycles. The molecular weight excluding hydrogens is 524 g/mol. The summed E-state index contributed by atoms with van der Waals surface area (Å²) in [6.45, 7) is 7.42. The zero-order valence-electron chi connectivity index (χ0n) is 23.1. The first-order valence-electron chi connectivity index (χ1n) is 13.4. The van der Waals surface area contributed by atoms with Crippen LogP contribution in [-0.2, 0) is 4.74 Å². The van der Waals surface area contributed by atoms with Crippen LogP contribution in [0.15, 0.2) is 60.7 Å². The molecule has 1 fully saturated rings. The molecule has 0 bridgehead atoms. The average molecular weight is 559 g/mol. The lowest BCUT2D eigenvalue weighted by molar-refractivity contribution is 0.102. The number of morpholine rings is 1. The predicted molar refractivity (Wildman–Crippen MR) is 160 cm³/mol. The summed E-state index contributed by atoms with van der Waals surface area (Å²) in [4.78, 5) is 29.7. The van der Waals surface area contributed by atoms with Crippen LogP contribution in [0.2, 0.25) is 0 Å². The molecule has 0 atom stereocenters. The van der Waals surface area contributed by atoms with Gasteiger partial charge in [0.05, 0.1) is 18.9 Å². The van der Waals surface area contributed by atoms with Crippen LogP contribution in [0.1, 0.15) is 17.4 Å². The molecule has 11 heteroatoms. The van der Waals surface area contributed by atoms with Gasteiger partial charge in [-0.2, -0.15) is 0 Å². The third-order valence-corrected chi connectivity index (χ3v) is 7.62. The van der Waals surface area contributed by atoms with Crippen LogP contribution in [0, 0.1) is 0 Å². The summed E-state index contributed by atoms with van der Waals surface area (Å²) >= 11 is 1.51. The highest BCUT2D eigenvalue weighted by atomic mass is 32.1. The lowest BCUT2D eigenvalue weighted by Crippen LogP contribution is -2.36. The number of nitrogens with one attached hydrogen (secondary N) is 1. The summed E-state index contributed by atoms with van der Waals surface area (Å²) in [5.41, 5.74) is 2.62. The Morgan fingerprint density at radius 3 is 2.50 bits per heavy atom. The van der Waals surface area contributed by atoms with Gasteiger partial charge in [0.15, 0.2) is 10.8 Å². The van der Waals surface area contributed by atoms with Crippen molar-refractivity contribution in [3.63, 3.8) is 0 Å². The van der Waals surface area contributed by atoms with Crippen molar-refractivity contribution in [1.29, 1.82) is 0 Å². The van der Waals surface area contributed by atoms with E-state index in [0.29, 0.717) is 30.4 Å². The van der Waals surface area contributed by atoms with E-state index in [1.807, 2.05) is 68.7 Å². The van der Waals surface area contributed by atoms with Crippen LogP contribution in [0.3, 0.4) is 0 Å². The number of hydrogen-bond acceptors (Lipinski definition) is 10. The van der Waals surface area contributed by atoms with Crippen molar-refractivity contribution in [3.05, 3.63) is 66.4 Å². The second kappa shape index (κ2) is 12.9. The number of carbonyl (C=O) groups is 1. The second-order valence-corrected chi connectivity index (χ2v) is 10.6. The standard InChI is InChI=1S/C29H34N8O2S/c1-4-36(15-14-35(2)3)25-20-24(30-26(32-25)21-10-6-5-7-11-21)27(38)31-23-13-9-8-12-22(23)28-33-34-29(40-28)37-16-18-39-19-17-37/h5-13,20H,4,14-19H2,1-3H3,(H,31,38). The van der Waals surface area contributed by atoms with E-state index in [0.717, 1.165) is 59.8 Å². The number of para-hydroxylation sites is 1. The van der Waals surface area contributed by atoms with Crippen molar-refractivity contribution < 1.29 is 9.53 Å². The van der Waals surface area contributed by atoms with E-state index in [9.17, 15) is 4.79 Å². The quantitative estimate of drug-likeness (QED) is 0.308. The van der Waals surface area contributed by atoms with Crippen LogP contribution in [0.25, 0.3) is 22.0 Å². The Hall–Kier alpha value is -3.93. The summed E-state index contributed by atoms with van der Waals surface area (Å²) in [7, 11) is 4.09. The Labute approximate surface area is 238 Å². The van der Waals surface area contributed by atoms with Gasteiger partial charge in [0.25, 0.3) is 5.91 Å². The van der Waals surface area contributed by atoms with Crippen molar-refractivity contribution in [2.24, 2.45) is 0 Å². The molecule has 1 aliphatic heterocycles. The molecule has 2 aromatic heterocycles. The summed E-state index contributed by atoms with van der Waals surface area (Å²) in [6.07, 6.45) is 0. The van der Waals surface area contributed by atoms with E-state index < -0.39 is 0 Å². The van der Waals surface area contributed by atoms with Crippen LogP contribution >= 0.6 is 11.3 Å². The van der Waals surface area contributed by atoms with E-state index in [1.165, 1.54) is 11.3 Å². The number of anilines is 3. The third kappa shape index (κ3) is 6.61. The SMILES string of the molecule is CCN(CCN(C)C)c1cc(C(=O)Nc2ccccc2-c2nnc(N3CCOCC3)s2)nc(-c2ccccc2)n1. The molecule has 0 aliphatic carbocycles. The topological polar surface area (TPSA) is 99.6 Å². The Kier molecular flexibility index (Phi) is 8.94. The lowest BCUT2D eigenvalue weighted by atomic mass is 10.1. The normalized spacial score (nSPS) is 13.4. The van der Waals surface area contributed by atoms with E-state index in [2.05, 4.69) is 42.1 Å². The van der Waals surface area contributed by atoms with E-state index in [-0.39, 0.29) is 5.91 Å².